The number of aliphatic hydroxyl groups is 1. The van der Waals surface area contributed by atoms with Crippen molar-refractivity contribution in [2.75, 3.05) is 54.6 Å². The zero-order valence-corrected chi connectivity index (χ0v) is 17.5. The molecule has 0 fully saturated rings. The molecular formula is C17H25N7O5S. The van der Waals surface area contributed by atoms with Gasteiger partial charge in [0.15, 0.2) is 0 Å². The molecule has 2 aromatic rings. The Morgan fingerprint density at radius 2 is 1.90 bits per heavy atom. The Balaban J connectivity index is 2.21. The first-order chi connectivity index (χ1) is 14.2. The molecule has 0 bridgehead atoms. The third-order valence-electron chi connectivity index (χ3n) is 3.87. The van der Waals surface area contributed by atoms with E-state index in [2.05, 4.69) is 30.3 Å². The van der Waals surface area contributed by atoms with E-state index in [0.29, 0.717) is 12.2 Å². The van der Waals surface area contributed by atoms with Crippen molar-refractivity contribution in [2.24, 2.45) is 0 Å². The molecule has 30 heavy (non-hydrogen) atoms. The molecule has 0 unspecified atom stereocenters. The minimum absolute atomic E-state index is 0.0127. The zero-order valence-electron chi connectivity index (χ0n) is 16.7. The summed E-state index contributed by atoms with van der Waals surface area (Å²) in [6, 6.07) is 6.16. The van der Waals surface area contributed by atoms with Gasteiger partial charge < -0.3 is 25.7 Å². The van der Waals surface area contributed by atoms with Crippen molar-refractivity contribution < 1.29 is 23.4 Å². The number of aromatic nitrogens is 3. The van der Waals surface area contributed by atoms with Crippen LogP contribution < -0.4 is 20.3 Å². The van der Waals surface area contributed by atoms with Crippen molar-refractivity contribution in [3.8, 4) is 0 Å². The second-order valence-corrected chi connectivity index (χ2v) is 8.26. The van der Waals surface area contributed by atoms with Crippen LogP contribution in [-0.4, -0.2) is 78.6 Å². The standard InChI is InChI=1S/C17H25N7O5S/c1-3-30(28,29)19-7-9-24(2)17-22-15(18-8-10-25)21-16(23-17)20-13-6-4-5-12(11-13)14(26)27/h4-6,11,19,25H,3,7-10H2,1-2H3,(H,26,27)(H2,18,20,21,22,23). The van der Waals surface area contributed by atoms with Crippen LogP contribution in [0.25, 0.3) is 0 Å². The van der Waals surface area contributed by atoms with Crippen molar-refractivity contribution in [3.63, 3.8) is 0 Å². The maximum atomic E-state index is 11.6. The average molecular weight is 439 g/mol. The van der Waals surface area contributed by atoms with Gasteiger partial charge in [-0.1, -0.05) is 6.07 Å². The number of aromatic carboxylic acids is 1. The predicted molar refractivity (Wildman–Crippen MR) is 113 cm³/mol. The Morgan fingerprint density at radius 3 is 2.57 bits per heavy atom. The molecule has 0 aliphatic heterocycles. The fourth-order valence-corrected chi connectivity index (χ4v) is 2.87. The number of hydrogen-bond acceptors (Lipinski definition) is 10. The second kappa shape index (κ2) is 10.7. The van der Waals surface area contributed by atoms with Crippen molar-refractivity contribution in [1.29, 1.82) is 0 Å². The summed E-state index contributed by atoms with van der Waals surface area (Å²) in [4.78, 5) is 25.6. The molecule has 0 atom stereocenters. The number of nitrogens with zero attached hydrogens (tertiary/aromatic N) is 4. The van der Waals surface area contributed by atoms with Gasteiger partial charge in [-0.2, -0.15) is 15.0 Å². The van der Waals surface area contributed by atoms with Crippen molar-refractivity contribution in [3.05, 3.63) is 29.8 Å². The van der Waals surface area contributed by atoms with E-state index >= 15 is 0 Å². The van der Waals surface area contributed by atoms with Gasteiger partial charge in [-0.15, -0.1) is 0 Å². The van der Waals surface area contributed by atoms with E-state index in [1.165, 1.54) is 12.1 Å². The maximum absolute atomic E-state index is 11.6. The summed E-state index contributed by atoms with van der Waals surface area (Å²) in [5.41, 5.74) is 0.576. The van der Waals surface area contributed by atoms with Crippen LogP contribution in [0.4, 0.5) is 23.5 Å². The van der Waals surface area contributed by atoms with Gasteiger partial charge in [0.2, 0.25) is 27.9 Å². The highest BCUT2D eigenvalue weighted by Gasteiger charge is 2.13. The highest BCUT2D eigenvalue weighted by molar-refractivity contribution is 7.89. The number of likely N-dealkylation sites (N-methyl/N-ethyl adjacent to an activating group) is 1. The highest BCUT2D eigenvalue weighted by Crippen LogP contribution is 2.18. The third-order valence-corrected chi connectivity index (χ3v) is 5.28. The largest absolute Gasteiger partial charge is 0.478 e. The Bertz CT molecular complexity index is 971. The molecule has 5 N–H and O–H groups in total. The summed E-state index contributed by atoms with van der Waals surface area (Å²) >= 11 is 0. The number of nitrogens with one attached hydrogen (secondary N) is 3. The highest BCUT2D eigenvalue weighted by atomic mass is 32.2. The summed E-state index contributed by atoms with van der Waals surface area (Å²) in [5, 5.41) is 23.9. The van der Waals surface area contributed by atoms with E-state index in [0.717, 1.165) is 0 Å². The molecule has 1 aromatic carbocycles. The van der Waals surface area contributed by atoms with Gasteiger partial charge >= 0.3 is 5.97 Å². The number of benzene rings is 1. The van der Waals surface area contributed by atoms with Crippen molar-refractivity contribution in [2.45, 2.75) is 6.92 Å². The van der Waals surface area contributed by atoms with Crippen LogP contribution in [0.2, 0.25) is 0 Å². The molecule has 1 heterocycles. The minimum atomic E-state index is -3.31. The number of sulfonamides is 1. The molecule has 13 heteroatoms. The van der Waals surface area contributed by atoms with Gasteiger partial charge in [-0.3, -0.25) is 0 Å². The van der Waals surface area contributed by atoms with Crippen LogP contribution in [0.3, 0.4) is 0 Å². The molecule has 0 amide bonds. The Morgan fingerprint density at radius 1 is 1.17 bits per heavy atom. The molecule has 0 radical (unpaired) electrons. The topological polar surface area (TPSA) is 170 Å². The van der Waals surface area contributed by atoms with Gasteiger partial charge in [0.1, 0.15) is 0 Å². The summed E-state index contributed by atoms with van der Waals surface area (Å²) in [6.45, 7) is 2.11. The fraction of sp³-hybridized carbons (Fsp3) is 0.412. The van der Waals surface area contributed by atoms with Crippen LogP contribution in [0.15, 0.2) is 24.3 Å². The Kier molecular flexibility index (Phi) is 8.26. The summed E-state index contributed by atoms with van der Waals surface area (Å²) in [6.07, 6.45) is 0. The molecule has 164 valence electrons. The van der Waals surface area contributed by atoms with Gasteiger partial charge in [-0.25, -0.2) is 17.9 Å². The van der Waals surface area contributed by atoms with Crippen molar-refractivity contribution in [1.82, 2.24) is 19.7 Å². The first kappa shape index (κ1) is 23.3. The molecule has 0 saturated carbocycles. The molecule has 0 aliphatic carbocycles. The molecule has 0 saturated heterocycles. The first-order valence-electron chi connectivity index (χ1n) is 9.13. The summed E-state index contributed by atoms with van der Waals surface area (Å²) in [5.74, 6) is -0.454. The maximum Gasteiger partial charge on any atom is 0.335 e. The first-order valence-corrected chi connectivity index (χ1v) is 10.8. The number of carbonyl (C=O) groups is 1. The molecule has 2 rings (SSSR count). The van der Waals surface area contributed by atoms with E-state index in [1.54, 1.807) is 31.0 Å². The van der Waals surface area contributed by atoms with E-state index < -0.39 is 16.0 Å². The third kappa shape index (κ3) is 7.09. The SMILES string of the molecule is CCS(=O)(=O)NCCN(C)c1nc(NCCO)nc(Nc2cccc(C(=O)O)c2)n1. The van der Waals surface area contributed by atoms with E-state index in [1.807, 2.05) is 0 Å². The number of carboxylic acid groups (broad SMARTS) is 1. The lowest BCUT2D eigenvalue weighted by Crippen LogP contribution is -2.34. The van der Waals surface area contributed by atoms with Crippen LogP contribution in [0.1, 0.15) is 17.3 Å². The Hall–Kier alpha value is -3.03. The quantitative estimate of drug-likeness (QED) is 0.304. The number of hydrogen-bond donors (Lipinski definition) is 5. The van der Waals surface area contributed by atoms with E-state index in [9.17, 15) is 13.2 Å². The van der Waals surface area contributed by atoms with E-state index in [4.69, 9.17) is 10.2 Å². The molecule has 12 nitrogen and oxygen atoms in total. The molecule has 0 aliphatic rings. The number of carboxylic acids is 1. The lowest BCUT2D eigenvalue weighted by molar-refractivity contribution is 0.0697. The van der Waals surface area contributed by atoms with Gasteiger partial charge in [0.25, 0.3) is 0 Å². The normalized spacial score (nSPS) is 11.2. The summed E-state index contributed by atoms with van der Waals surface area (Å²) < 4.78 is 25.6. The van der Waals surface area contributed by atoms with Gasteiger partial charge in [0.05, 0.1) is 17.9 Å². The predicted octanol–water partition coefficient (Wildman–Crippen LogP) is 0.0931. The summed E-state index contributed by atoms with van der Waals surface area (Å²) in [7, 11) is -1.61. The number of anilines is 4. The zero-order chi connectivity index (χ0) is 22.1. The number of rotatable bonds is 12. The average Bonchev–Trinajstić information content (AvgIpc) is 2.72. The monoisotopic (exact) mass is 439 g/mol. The lowest BCUT2D eigenvalue weighted by Gasteiger charge is -2.19. The van der Waals surface area contributed by atoms with Crippen LogP contribution in [-0.2, 0) is 10.0 Å². The van der Waals surface area contributed by atoms with Gasteiger partial charge in [0, 0.05) is 32.4 Å². The van der Waals surface area contributed by atoms with Crippen LogP contribution >= 0.6 is 0 Å². The van der Waals surface area contributed by atoms with E-state index in [-0.39, 0.29) is 48.9 Å². The fourth-order valence-electron chi connectivity index (χ4n) is 2.27. The Labute approximate surface area is 174 Å². The molecule has 0 spiro atoms. The van der Waals surface area contributed by atoms with Gasteiger partial charge in [-0.05, 0) is 25.1 Å². The van der Waals surface area contributed by atoms with Crippen molar-refractivity contribution >= 4 is 39.5 Å². The van der Waals surface area contributed by atoms with Crippen LogP contribution in [0.5, 0.6) is 0 Å². The second-order valence-electron chi connectivity index (χ2n) is 6.16. The molecular weight excluding hydrogens is 414 g/mol. The molecule has 1 aromatic heterocycles. The minimum Gasteiger partial charge on any atom is -0.478 e. The lowest BCUT2D eigenvalue weighted by atomic mass is 10.2. The smallest absolute Gasteiger partial charge is 0.335 e. The van der Waals surface area contributed by atoms with Crippen LogP contribution in [0, 0.1) is 0 Å². The number of aliphatic hydroxyl groups excluding tert-OH is 1.